The lowest BCUT2D eigenvalue weighted by molar-refractivity contribution is -0.117. The van der Waals surface area contributed by atoms with E-state index in [4.69, 9.17) is 0 Å². The molecule has 1 atom stereocenters. The minimum Gasteiger partial charge on any atom is -0.388 e. The van der Waals surface area contributed by atoms with Crippen LogP contribution in [0.4, 0.5) is 5.69 Å². The average molecular weight is 496 g/mol. The Balaban J connectivity index is 1.51. The van der Waals surface area contributed by atoms with Crippen molar-refractivity contribution in [2.75, 3.05) is 25.0 Å². The van der Waals surface area contributed by atoms with E-state index in [1.807, 2.05) is 49.4 Å². The highest BCUT2D eigenvalue weighted by molar-refractivity contribution is 9.11. The molecule has 4 nitrogen and oxygen atoms in total. The molecule has 0 aliphatic carbocycles. The number of piperidine rings is 1. The Kier molecular flexibility index (Phi) is 7.09. The van der Waals surface area contributed by atoms with Crippen LogP contribution in [0.2, 0.25) is 0 Å². The molecule has 2 aromatic carbocycles. The van der Waals surface area contributed by atoms with Gasteiger partial charge in [0.05, 0.1) is 18.3 Å². The van der Waals surface area contributed by atoms with Crippen molar-refractivity contribution in [3.63, 3.8) is 0 Å². The summed E-state index contributed by atoms with van der Waals surface area (Å²) in [5.41, 5.74) is 2.86. The fourth-order valence-electron chi connectivity index (χ4n) is 3.55. The van der Waals surface area contributed by atoms with E-state index in [1.165, 1.54) is 0 Å². The van der Waals surface area contributed by atoms with Gasteiger partial charge in [0.25, 0.3) is 0 Å². The van der Waals surface area contributed by atoms with E-state index >= 15 is 0 Å². The monoisotopic (exact) mass is 494 g/mol. The molecule has 6 heteroatoms. The standard InChI is InChI=1S/C21H24Br2N2O2/c1-14-11-17(22)20(18(23)12-14)24-19(26)13-25-9-7-16(8-10-25)21(27)15-5-3-2-4-6-15/h2-6,11-12,16,21,27H,7-10,13H2,1H3,(H,24,26). The Morgan fingerprint density at radius 3 is 2.37 bits per heavy atom. The molecule has 0 spiro atoms. The summed E-state index contributed by atoms with van der Waals surface area (Å²) in [6.45, 7) is 4.01. The summed E-state index contributed by atoms with van der Waals surface area (Å²) < 4.78 is 1.74. The smallest absolute Gasteiger partial charge is 0.238 e. The second-order valence-corrected chi connectivity index (χ2v) is 8.83. The summed E-state index contributed by atoms with van der Waals surface area (Å²) in [6.07, 6.45) is 1.35. The number of nitrogens with zero attached hydrogens (tertiary/aromatic N) is 1. The van der Waals surface area contributed by atoms with E-state index < -0.39 is 6.10 Å². The zero-order valence-corrected chi connectivity index (χ0v) is 18.5. The molecule has 27 heavy (non-hydrogen) atoms. The van der Waals surface area contributed by atoms with E-state index in [1.54, 1.807) is 0 Å². The number of aliphatic hydroxyl groups is 1. The molecule has 0 saturated carbocycles. The maximum absolute atomic E-state index is 12.5. The number of rotatable bonds is 5. The Bertz CT molecular complexity index is 767. The lowest BCUT2D eigenvalue weighted by atomic mass is 9.87. The molecule has 1 amide bonds. The first kappa shape index (κ1) is 20.5. The minimum absolute atomic E-state index is 0.0256. The van der Waals surface area contributed by atoms with Gasteiger partial charge in [-0.25, -0.2) is 0 Å². The second-order valence-electron chi connectivity index (χ2n) is 7.12. The first-order valence-electron chi connectivity index (χ1n) is 9.15. The number of hydrogen-bond acceptors (Lipinski definition) is 3. The van der Waals surface area contributed by atoms with Gasteiger partial charge in [-0.2, -0.15) is 0 Å². The van der Waals surface area contributed by atoms with Gasteiger partial charge in [-0.3, -0.25) is 9.69 Å². The van der Waals surface area contributed by atoms with E-state index in [0.29, 0.717) is 6.54 Å². The molecule has 0 bridgehead atoms. The van der Waals surface area contributed by atoms with Crippen LogP contribution < -0.4 is 5.32 Å². The summed E-state index contributed by atoms with van der Waals surface area (Å²) in [4.78, 5) is 14.6. The number of carbonyl (C=O) groups excluding carboxylic acids is 1. The molecule has 2 aromatic rings. The second kappa shape index (κ2) is 9.32. The maximum atomic E-state index is 12.5. The Labute approximate surface area is 177 Å². The lowest BCUT2D eigenvalue weighted by Gasteiger charge is -2.34. The van der Waals surface area contributed by atoms with E-state index in [9.17, 15) is 9.90 Å². The molecular formula is C21H24Br2N2O2. The summed E-state index contributed by atoms with van der Waals surface area (Å²) in [7, 11) is 0. The van der Waals surface area contributed by atoms with Crippen molar-refractivity contribution in [3.8, 4) is 0 Å². The number of nitrogens with one attached hydrogen (secondary N) is 1. The number of halogens is 2. The van der Waals surface area contributed by atoms with Crippen LogP contribution in [0.15, 0.2) is 51.4 Å². The van der Waals surface area contributed by atoms with Crippen LogP contribution in [-0.4, -0.2) is 35.5 Å². The Hall–Kier alpha value is -1.21. The van der Waals surface area contributed by atoms with Crippen LogP contribution in [0.5, 0.6) is 0 Å². The summed E-state index contributed by atoms with van der Waals surface area (Å²) in [5, 5.41) is 13.6. The average Bonchev–Trinajstić information content (AvgIpc) is 2.65. The molecule has 0 radical (unpaired) electrons. The van der Waals surface area contributed by atoms with Crippen LogP contribution in [0.25, 0.3) is 0 Å². The fourth-order valence-corrected chi connectivity index (χ4v) is 5.16. The van der Waals surface area contributed by atoms with Crippen LogP contribution in [0.1, 0.15) is 30.1 Å². The van der Waals surface area contributed by atoms with Gasteiger partial charge in [-0.1, -0.05) is 30.3 Å². The third kappa shape index (κ3) is 5.41. The Morgan fingerprint density at radius 1 is 1.19 bits per heavy atom. The number of benzene rings is 2. The van der Waals surface area contributed by atoms with E-state index in [2.05, 4.69) is 42.1 Å². The number of likely N-dealkylation sites (tertiary alicyclic amines) is 1. The molecule has 1 aliphatic rings. The van der Waals surface area contributed by atoms with Crippen molar-refractivity contribution in [1.82, 2.24) is 4.90 Å². The molecular weight excluding hydrogens is 472 g/mol. The van der Waals surface area contributed by atoms with E-state index in [-0.39, 0.29) is 11.8 Å². The molecule has 144 valence electrons. The third-order valence-corrected chi connectivity index (χ3v) is 6.29. The van der Waals surface area contributed by atoms with Gasteiger partial charge in [-0.05, 0) is 93.9 Å². The van der Waals surface area contributed by atoms with Gasteiger partial charge >= 0.3 is 0 Å². The van der Waals surface area contributed by atoms with Crippen molar-refractivity contribution in [3.05, 3.63) is 62.5 Å². The van der Waals surface area contributed by atoms with E-state index in [0.717, 1.165) is 51.7 Å². The van der Waals surface area contributed by atoms with Gasteiger partial charge in [0.15, 0.2) is 0 Å². The van der Waals surface area contributed by atoms with Crippen LogP contribution in [0, 0.1) is 12.8 Å². The maximum Gasteiger partial charge on any atom is 0.238 e. The number of hydrogen-bond donors (Lipinski definition) is 2. The summed E-state index contributed by atoms with van der Waals surface area (Å²) in [5.74, 6) is 0.217. The Morgan fingerprint density at radius 2 is 1.78 bits per heavy atom. The predicted octanol–water partition coefficient (Wildman–Crippen LogP) is 4.90. The van der Waals surface area contributed by atoms with Crippen molar-refractivity contribution in [1.29, 1.82) is 0 Å². The first-order chi connectivity index (χ1) is 12.9. The molecule has 2 N–H and O–H groups in total. The number of anilines is 1. The fraction of sp³-hybridized carbons (Fsp3) is 0.381. The first-order valence-corrected chi connectivity index (χ1v) is 10.7. The van der Waals surface area contributed by atoms with Gasteiger partial charge in [0, 0.05) is 8.95 Å². The van der Waals surface area contributed by atoms with Gasteiger partial charge < -0.3 is 10.4 Å². The summed E-state index contributed by atoms with van der Waals surface area (Å²) >= 11 is 7.02. The van der Waals surface area contributed by atoms with Crippen molar-refractivity contribution in [2.24, 2.45) is 5.92 Å². The summed E-state index contributed by atoms with van der Waals surface area (Å²) in [6, 6.07) is 13.8. The molecule has 3 rings (SSSR count). The molecule has 1 aliphatic heterocycles. The van der Waals surface area contributed by atoms with Crippen LogP contribution >= 0.6 is 31.9 Å². The zero-order valence-electron chi connectivity index (χ0n) is 15.3. The molecule has 1 saturated heterocycles. The number of aliphatic hydroxyl groups excluding tert-OH is 1. The number of carbonyl (C=O) groups is 1. The number of amides is 1. The number of aryl methyl sites for hydroxylation is 1. The lowest BCUT2D eigenvalue weighted by Crippen LogP contribution is -2.40. The highest BCUT2D eigenvalue weighted by Gasteiger charge is 2.27. The topological polar surface area (TPSA) is 52.6 Å². The minimum atomic E-state index is -0.429. The largest absolute Gasteiger partial charge is 0.388 e. The van der Waals surface area contributed by atoms with Crippen molar-refractivity contribution in [2.45, 2.75) is 25.9 Å². The zero-order chi connectivity index (χ0) is 19.4. The van der Waals surface area contributed by atoms with Crippen molar-refractivity contribution >= 4 is 43.5 Å². The SMILES string of the molecule is Cc1cc(Br)c(NC(=O)CN2CCC(C(O)c3ccccc3)CC2)c(Br)c1. The molecule has 0 aromatic heterocycles. The van der Waals surface area contributed by atoms with Crippen LogP contribution in [0.3, 0.4) is 0 Å². The van der Waals surface area contributed by atoms with Crippen LogP contribution in [-0.2, 0) is 4.79 Å². The third-order valence-electron chi connectivity index (χ3n) is 5.04. The van der Waals surface area contributed by atoms with Gasteiger partial charge in [0.1, 0.15) is 0 Å². The molecule has 1 heterocycles. The predicted molar refractivity (Wildman–Crippen MR) is 116 cm³/mol. The van der Waals surface area contributed by atoms with Gasteiger partial charge in [-0.15, -0.1) is 0 Å². The molecule has 1 fully saturated rings. The van der Waals surface area contributed by atoms with Gasteiger partial charge in [0.2, 0.25) is 5.91 Å². The van der Waals surface area contributed by atoms with Crippen molar-refractivity contribution < 1.29 is 9.90 Å². The quantitative estimate of drug-likeness (QED) is 0.619. The highest BCUT2D eigenvalue weighted by Crippen LogP contribution is 2.33. The normalized spacial score (nSPS) is 16.9. The molecule has 1 unspecified atom stereocenters. The highest BCUT2D eigenvalue weighted by atomic mass is 79.9.